The Bertz CT molecular complexity index is 774. The van der Waals surface area contributed by atoms with Crippen LogP contribution in [0.25, 0.3) is 0 Å². The number of esters is 1. The van der Waals surface area contributed by atoms with Crippen molar-refractivity contribution in [1.82, 2.24) is 14.7 Å². The molecule has 1 aromatic heterocycles. The third-order valence-electron chi connectivity index (χ3n) is 4.27. The van der Waals surface area contributed by atoms with Crippen LogP contribution in [0.4, 0.5) is 4.39 Å². The molecule has 3 rings (SSSR count). The summed E-state index contributed by atoms with van der Waals surface area (Å²) in [6.45, 7) is 3.06. The molecule has 1 aliphatic rings. The molecule has 0 bridgehead atoms. The van der Waals surface area contributed by atoms with E-state index in [-0.39, 0.29) is 17.5 Å². The molecule has 132 valence electrons. The lowest BCUT2D eigenvalue weighted by molar-refractivity contribution is 0.0524. The van der Waals surface area contributed by atoms with E-state index in [1.807, 2.05) is 0 Å². The first-order valence-electron chi connectivity index (χ1n) is 8.35. The van der Waals surface area contributed by atoms with Gasteiger partial charge in [0.2, 0.25) is 0 Å². The lowest BCUT2D eigenvalue weighted by Gasteiger charge is -2.33. The number of nitrogens with zero attached hydrogens (tertiary/aromatic N) is 3. The minimum atomic E-state index is -0.515. The van der Waals surface area contributed by atoms with Gasteiger partial charge in [0, 0.05) is 19.3 Å². The van der Waals surface area contributed by atoms with Crippen molar-refractivity contribution in [2.24, 2.45) is 0 Å². The molecule has 1 amide bonds. The predicted molar refractivity (Wildman–Crippen MR) is 88.8 cm³/mol. The molecule has 1 aliphatic heterocycles. The molecule has 0 N–H and O–H groups in total. The second-order valence-electron chi connectivity index (χ2n) is 5.96. The van der Waals surface area contributed by atoms with Crippen molar-refractivity contribution in [3.8, 4) is 0 Å². The van der Waals surface area contributed by atoms with Crippen molar-refractivity contribution in [3.05, 3.63) is 53.6 Å². The molecule has 2 aromatic rings. The van der Waals surface area contributed by atoms with E-state index in [0.29, 0.717) is 25.3 Å². The number of rotatable bonds is 4. The zero-order valence-corrected chi connectivity index (χ0v) is 14.0. The first kappa shape index (κ1) is 17.1. The van der Waals surface area contributed by atoms with Crippen molar-refractivity contribution < 1.29 is 18.7 Å². The topological polar surface area (TPSA) is 64.4 Å². The fourth-order valence-corrected chi connectivity index (χ4v) is 3.02. The minimum absolute atomic E-state index is 0.0485. The maximum atomic E-state index is 13.9. The van der Waals surface area contributed by atoms with Gasteiger partial charge < -0.3 is 9.64 Å². The molecular formula is C18H20FN3O3. The standard InChI is InChI=1S/C18H20FN3O3/c1-2-25-18(24)13-10-20-22(11-13)14-6-5-9-21(12-14)17(23)15-7-3-4-8-16(15)19/h3-4,7-8,10-11,14H,2,5-6,9,12H2,1H3/t14-/m0/s1. The molecule has 2 heterocycles. The minimum Gasteiger partial charge on any atom is -0.462 e. The average molecular weight is 345 g/mol. The van der Waals surface area contributed by atoms with Crippen LogP contribution in [0.1, 0.15) is 46.5 Å². The molecule has 1 atom stereocenters. The van der Waals surface area contributed by atoms with E-state index < -0.39 is 11.8 Å². The maximum Gasteiger partial charge on any atom is 0.341 e. The average Bonchev–Trinajstić information content (AvgIpc) is 3.12. The Kier molecular flexibility index (Phi) is 5.11. The van der Waals surface area contributed by atoms with Crippen LogP contribution in [0.5, 0.6) is 0 Å². The van der Waals surface area contributed by atoms with Crippen LogP contribution in [0, 0.1) is 5.82 Å². The second-order valence-corrected chi connectivity index (χ2v) is 5.96. The van der Waals surface area contributed by atoms with Gasteiger partial charge in [0.25, 0.3) is 5.91 Å². The summed E-state index contributed by atoms with van der Waals surface area (Å²) in [6.07, 6.45) is 4.74. The Balaban J connectivity index is 1.72. The van der Waals surface area contributed by atoms with E-state index in [1.54, 1.807) is 34.8 Å². The van der Waals surface area contributed by atoms with Crippen molar-refractivity contribution >= 4 is 11.9 Å². The molecule has 1 saturated heterocycles. The van der Waals surface area contributed by atoms with E-state index in [2.05, 4.69) is 5.10 Å². The molecule has 1 aromatic carbocycles. The number of hydrogen-bond acceptors (Lipinski definition) is 4. The van der Waals surface area contributed by atoms with E-state index in [0.717, 1.165) is 12.8 Å². The van der Waals surface area contributed by atoms with Crippen LogP contribution in [-0.2, 0) is 4.74 Å². The number of amides is 1. The van der Waals surface area contributed by atoms with Crippen molar-refractivity contribution in [3.63, 3.8) is 0 Å². The summed E-state index contributed by atoms with van der Waals surface area (Å²) in [4.78, 5) is 26.0. The van der Waals surface area contributed by atoms with Gasteiger partial charge in [-0.1, -0.05) is 12.1 Å². The molecule has 0 unspecified atom stereocenters. The highest BCUT2D eigenvalue weighted by Crippen LogP contribution is 2.23. The van der Waals surface area contributed by atoms with Crippen LogP contribution in [0.2, 0.25) is 0 Å². The highest BCUT2D eigenvalue weighted by molar-refractivity contribution is 5.94. The van der Waals surface area contributed by atoms with Gasteiger partial charge in [0.15, 0.2) is 0 Å². The number of aromatic nitrogens is 2. The van der Waals surface area contributed by atoms with Crippen LogP contribution >= 0.6 is 0 Å². The number of carbonyl (C=O) groups is 2. The summed E-state index contributed by atoms with van der Waals surface area (Å²) < 4.78 is 20.5. The summed E-state index contributed by atoms with van der Waals surface area (Å²) in [7, 11) is 0. The number of benzene rings is 1. The molecule has 0 radical (unpaired) electrons. The van der Waals surface area contributed by atoms with Crippen LogP contribution in [0.3, 0.4) is 0 Å². The Morgan fingerprint density at radius 1 is 1.36 bits per heavy atom. The van der Waals surface area contributed by atoms with Crippen LogP contribution in [0.15, 0.2) is 36.7 Å². The van der Waals surface area contributed by atoms with E-state index in [9.17, 15) is 14.0 Å². The maximum absolute atomic E-state index is 13.9. The van der Waals surface area contributed by atoms with E-state index in [4.69, 9.17) is 4.74 Å². The number of likely N-dealkylation sites (tertiary alicyclic amines) is 1. The Morgan fingerprint density at radius 3 is 2.92 bits per heavy atom. The van der Waals surface area contributed by atoms with Gasteiger partial charge in [0.1, 0.15) is 5.82 Å². The van der Waals surface area contributed by atoms with Crippen molar-refractivity contribution in [2.75, 3.05) is 19.7 Å². The lowest BCUT2D eigenvalue weighted by Crippen LogP contribution is -2.41. The Hall–Kier alpha value is -2.70. The SMILES string of the molecule is CCOC(=O)c1cnn([C@H]2CCCN(C(=O)c3ccccc3F)C2)c1. The van der Waals surface area contributed by atoms with Crippen LogP contribution in [-0.4, -0.2) is 46.3 Å². The lowest BCUT2D eigenvalue weighted by atomic mass is 10.0. The first-order valence-corrected chi connectivity index (χ1v) is 8.35. The number of halogens is 1. The zero-order chi connectivity index (χ0) is 17.8. The third-order valence-corrected chi connectivity index (χ3v) is 4.27. The normalized spacial score (nSPS) is 17.4. The summed E-state index contributed by atoms with van der Waals surface area (Å²) in [6, 6.07) is 5.94. The van der Waals surface area contributed by atoms with Crippen molar-refractivity contribution in [1.29, 1.82) is 0 Å². The fraction of sp³-hybridized carbons (Fsp3) is 0.389. The monoisotopic (exact) mass is 345 g/mol. The van der Waals surface area contributed by atoms with E-state index in [1.165, 1.54) is 18.3 Å². The zero-order valence-electron chi connectivity index (χ0n) is 14.0. The van der Waals surface area contributed by atoms with Gasteiger partial charge >= 0.3 is 5.97 Å². The fourth-order valence-electron chi connectivity index (χ4n) is 3.02. The highest BCUT2D eigenvalue weighted by Gasteiger charge is 2.27. The molecule has 0 saturated carbocycles. The third kappa shape index (κ3) is 3.70. The Labute approximate surface area is 145 Å². The summed E-state index contributed by atoms with van der Waals surface area (Å²) in [5.41, 5.74) is 0.468. The largest absolute Gasteiger partial charge is 0.462 e. The molecule has 1 fully saturated rings. The number of piperidine rings is 1. The van der Waals surface area contributed by atoms with Gasteiger partial charge in [0.05, 0.1) is 30.0 Å². The molecular weight excluding hydrogens is 325 g/mol. The predicted octanol–water partition coefficient (Wildman–Crippen LogP) is 2.68. The molecule has 0 aliphatic carbocycles. The van der Waals surface area contributed by atoms with E-state index >= 15 is 0 Å². The number of hydrogen-bond donors (Lipinski definition) is 0. The molecule has 25 heavy (non-hydrogen) atoms. The van der Waals surface area contributed by atoms with Gasteiger partial charge in [-0.15, -0.1) is 0 Å². The smallest absolute Gasteiger partial charge is 0.341 e. The molecule has 7 heteroatoms. The summed E-state index contributed by atoms with van der Waals surface area (Å²) >= 11 is 0. The number of carbonyl (C=O) groups excluding carboxylic acids is 2. The summed E-state index contributed by atoms with van der Waals surface area (Å²) in [5, 5.41) is 4.23. The number of ether oxygens (including phenoxy) is 1. The van der Waals surface area contributed by atoms with Crippen LogP contribution < -0.4 is 0 Å². The molecule has 0 spiro atoms. The van der Waals surface area contributed by atoms with Gasteiger partial charge in [-0.2, -0.15) is 5.10 Å². The Morgan fingerprint density at radius 2 is 2.16 bits per heavy atom. The van der Waals surface area contributed by atoms with Gasteiger partial charge in [-0.25, -0.2) is 9.18 Å². The summed E-state index contributed by atoms with van der Waals surface area (Å²) in [5.74, 6) is -1.25. The highest BCUT2D eigenvalue weighted by atomic mass is 19.1. The van der Waals surface area contributed by atoms with Gasteiger partial charge in [-0.05, 0) is 31.9 Å². The quantitative estimate of drug-likeness (QED) is 0.799. The first-order chi connectivity index (χ1) is 12.1. The van der Waals surface area contributed by atoms with Gasteiger partial charge in [-0.3, -0.25) is 9.48 Å². The second kappa shape index (κ2) is 7.46. The molecule has 6 nitrogen and oxygen atoms in total. The van der Waals surface area contributed by atoms with Crippen molar-refractivity contribution in [2.45, 2.75) is 25.8 Å².